The van der Waals surface area contributed by atoms with Gasteiger partial charge in [-0.25, -0.2) is 14.4 Å². The first-order valence-corrected chi connectivity index (χ1v) is 48.8. The molecule has 0 spiro atoms. The molecule has 32 heteroatoms. The summed E-state index contributed by atoms with van der Waals surface area (Å²) in [6.07, 6.45) is 13.6. The number of urea groups is 1. The van der Waals surface area contributed by atoms with Gasteiger partial charge in [0.1, 0.15) is 35.1 Å². The van der Waals surface area contributed by atoms with Gasteiger partial charge in [-0.3, -0.25) is 24.5 Å². The van der Waals surface area contributed by atoms with E-state index in [2.05, 4.69) is 42.4 Å². The first-order valence-electron chi connectivity index (χ1n) is 48.8. The lowest BCUT2D eigenvalue weighted by Gasteiger charge is -2.53. The van der Waals surface area contributed by atoms with Crippen molar-refractivity contribution in [1.29, 1.82) is 0 Å². The second-order valence-corrected chi connectivity index (χ2v) is 37.9. The first-order chi connectivity index (χ1) is 69.7. The number of rotatable bonds is 23. The number of amides is 8. The van der Waals surface area contributed by atoms with E-state index in [0.29, 0.717) is 143 Å². The number of ether oxygens (including phenoxy) is 8. The standard InChI is InChI=1S/C80H77N9O14.C31H30N4O5/c1-48-13-5-6-18-54(48)43-87(78(97)88-64(50-16-7-8-17-50)41-63(85-88)60-38-57(26-29-65(60)90)82-74(93)51-23-32-68-71(35-51)101-45-98-68)89(77(96)81-42-49-14-3-2-4-15-49)80(55-19-9-10-20-55,56-21-11-12-22-56)44-79(86-89,61-39-58(27-30-66(61)91)83-75(94)52-24-33-69-72(36-52)102-46-99-69)62-40-59(28-31-67(62)92)84-76(95)53-25-34-70-73(37-53)103-47-100-70;36-27-12-11-23(33-30(37)22-10-13-28-29(16-22)40-19-39-28)17-24(27)25-18-26(21-8-4-5-9-21)35(34-25)31(38)32-15-14-20-6-2-1-3-7-20/h2-6,13-15,18,23-41,50,55-56,86H,7-12,16-17,19-22,42-47H2,1H3,(H6-,81,82,83,84,85,90,91,92,93,94,95,96);1-3,6-7,10-13,16-18,21,36H,4-5,8-9,14-15,19H2,(H,32,38)(H,33,37)/p+1. The lowest BCUT2D eigenvalue weighted by Crippen LogP contribution is -2.82. The highest BCUT2D eigenvalue weighted by Crippen LogP contribution is 2.64. The number of anilines is 4. The number of aromatic nitrogens is 4. The summed E-state index contributed by atoms with van der Waals surface area (Å²) in [6, 6.07) is 67.7. The number of hydrogen-bond acceptors (Lipinski definition) is 22. The Morgan fingerprint density at radius 2 is 0.783 bits per heavy atom. The van der Waals surface area contributed by atoms with Crippen LogP contribution < -0.4 is 75.2 Å². The predicted octanol–water partition coefficient (Wildman–Crippen LogP) is 20.4. The van der Waals surface area contributed by atoms with E-state index in [1.54, 1.807) is 126 Å². The fourth-order valence-electron chi connectivity index (χ4n) is 22.2. The molecule has 22 rings (SSSR count). The lowest BCUT2D eigenvalue weighted by molar-refractivity contribution is -1.03. The predicted molar refractivity (Wildman–Crippen MR) is 530 cm³/mol. The molecular weight excluding hydrogens is 1820 g/mol. The number of phenolic OH excluding ortho intramolecular Hbond substituents is 4. The number of carbonyl (C=O) groups is 7. The number of hydrogen-bond donors (Lipinski definition) is 11. The molecule has 1 saturated heterocycles. The summed E-state index contributed by atoms with van der Waals surface area (Å²) in [5.74, 6) is 0.569. The molecular formula is C111H108N13O19+. The minimum absolute atomic E-state index is 0.00543. The van der Waals surface area contributed by atoms with E-state index in [1.165, 1.54) is 33.6 Å². The first kappa shape index (κ1) is 93.0. The smallest absolute Gasteiger partial charge is 0.462 e. The van der Waals surface area contributed by atoms with Gasteiger partial charge in [0.05, 0.1) is 22.8 Å². The molecule has 2 aromatic heterocycles. The van der Waals surface area contributed by atoms with Gasteiger partial charge in [-0.05, 0) is 245 Å². The Labute approximate surface area is 823 Å². The molecule has 9 aliphatic rings. The molecule has 1 atom stereocenters. The molecule has 0 radical (unpaired) electrons. The summed E-state index contributed by atoms with van der Waals surface area (Å²) in [5, 5.41) is 79.1. The monoisotopic (exact) mass is 1930 g/mol. The summed E-state index contributed by atoms with van der Waals surface area (Å²) < 4.78 is 46.2. The summed E-state index contributed by atoms with van der Waals surface area (Å²) in [5.41, 5.74) is 9.57. The topological polar surface area (TPSA) is 397 Å². The minimum atomic E-state index is -1.96. The summed E-state index contributed by atoms with van der Waals surface area (Å²) in [6.45, 7) is 2.37. The van der Waals surface area contributed by atoms with E-state index in [1.807, 2.05) is 104 Å². The largest absolute Gasteiger partial charge is 0.508 e. The number of nitrogens with one attached hydrogen (secondary N) is 7. The number of phenols is 4. The van der Waals surface area contributed by atoms with Crippen LogP contribution in [0.1, 0.15) is 207 Å². The highest BCUT2D eigenvalue weighted by atomic mass is 16.7. The SMILES string of the molecule is Cc1ccccc1CN(C(=O)n1nc(-c2cc(NC(=O)c3ccc4c(c3)OCO4)ccc2O)cc1C1CCCC1)[N+]1(C(=O)NCc2ccccc2)NC(c2cc(NC(=O)c3ccc4c(c3)OCO4)ccc2O)(c2cc(NC(=O)c3ccc4c(c3)OCO4)ccc2O)CC1(C1CCCC1)C1CCCC1.O=C(Nc1ccc(O)c(-c2cc(C3CCCC3)n(C(=O)NCCc3ccccc3)n2)c1)c1ccc2c(c1)OCO2. The highest BCUT2D eigenvalue weighted by Gasteiger charge is 2.79. The molecule has 11 aromatic carbocycles. The summed E-state index contributed by atoms with van der Waals surface area (Å²) >= 11 is 0. The van der Waals surface area contributed by atoms with Crippen LogP contribution in [0.25, 0.3) is 22.5 Å². The number of carbonyl (C=O) groups excluding carboxylic acids is 7. The molecule has 13 aromatic rings. The third-order valence-corrected chi connectivity index (χ3v) is 29.3. The Kier molecular flexibility index (Phi) is 25.8. The van der Waals surface area contributed by atoms with Crippen LogP contribution in [0.15, 0.2) is 243 Å². The minimum Gasteiger partial charge on any atom is -0.508 e. The molecule has 5 aliphatic heterocycles. The second-order valence-electron chi connectivity index (χ2n) is 37.9. The van der Waals surface area contributed by atoms with Crippen molar-refractivity contribution in [3.8, 4) is 91.5 Å². The van der Waals surface area contributed by atoms with Crippen molar-refractivity contribution in [3.63, 3.8) is 0 Å². The van der Waals surface area contributed by atoms with Crippen LogP contribution in [0.3, 0.4) is 0 Å². The maximum absolute atomic E-state index is 17.9. The molecule has 11 N–H and O–H groups in total. The molecule has 1 unspecified atom stereocenters. The normalized spacial score (nSPS) is 17.3. The van der Waals surface area contributed by atoms with Crippen LogP contribution in [-0.2, 0) is 25.0 Å². The molecule has 32 nitrogen and oxygen atoms in total. The quantitative estimate of drug-likeness (QED) is 0.0209. The maximum atomic E-state index is 17.9. The Morgan fingerprint density at radius 3 is 1.22 bits per heavy atom. The molecule has 0 bridgehead atoms. The third kappa shape index (κ3) is 18.5. The van der Waals surface area contributed by atoms with Gasteiger partial charge < -0.3 is 84.9 Å². The molecule has 7 heterocycles. The van der Waals surface area contributed by atoms with Crippen molar-refractivity contribution in [2.45, 2.75) is 159 Å². The van der Waals surface area contributed by atoms with Crippen molar-refractivity contribution in [3.05, 3.63) is 310 Å². The molecule has 4 aliphatic carbocycles. The van der Waals surface area contributed by atoms with Gasteiger partial charge in [0.15, 0.2) is 51.5 Å². The lowest BCUT2D eigenvalue weighted by atomic mass is 9.64. The maximum Gasteiger partial charge on any atom is 0.462 e. The van der Waals surface area contributed by atoms with Crippen molar-refractivity contribution < 1.29 is 96.6 Å². The van der Waals surface area contributed by atoms with Crippen molar-refractivity contribution >= 4 is 64.5 Å². The zero-order valence-corrected chi connectivity index (χ0v) is 78.7. The van der Waals surface area contributed by atoms with Gasteiger partial charge in [0.25, 0.3) is 23.6 Å². The van der Waals surface area contributed by atoms with Gasteiger partial charge in [-0.2, -0.15) is 19.6 Å². The van der Waals surface area contributed by atoms with E-state index in [4.69, 9.17) is 43.0 Å². The van der Waals surface area contributed by atoms with E-state index in [9.17, 15) is 44.4 Å². The number of quaternary nitrogens is 1. The fourth-order valence-corrected chi connectivity index (χ4v) is 22.2. The van der Waals surface area contributed by atoms with E-state index in [-0.39, 0.29) is 150 Å². The van der Waals surface area contributed by atoms with Crippen LogP contribution in [-0.4, -0.2) is 131 Å². The van der Waals surface area contributed by atoms with Gasteiger partial charge in [0, 0.05) is 110 Å². The highest BCUT2D eigenvalue weighted by molar-refractivity contribution is 6.07. The number of aryl methyl sites for hydroxylation is 1. The van der Waals surface area contributed by atoms with Crippen LogP contribution in [0.2, 0.25) is 0 Å². The zero-order chi connectivity index (χ0) is 98.0. The van der Waals surface area contributed by atoms with Gasteiger partial charge in [0.2, 0.25) is 27.2 Å². The fraction of sp³-hybridized carbons (Fsp3) is 0.288. The van der Waals surface area contributed by atoms with Gasteiger partial charge in [-0.15, -0.1) is 10.4 Å². The summed E-state index contributed by atoms with van der Waals surface area (Å²) in [4.78, 5) is 105. The van der Waals surface area contributed by atoms with Crippen molar-refractivity contribution in [1.82, 2.24) is 40.6 Å². The van der Waals surface area contributed by atoms with E-state index < -0.39 is 45.6 Å². The molecule has 4 saturated carbocycles. The molecule has 143 heavy (non-hydrogen) atoms. The van der Waals surface area contributed by atoms with Gasteiger partial charge >= 0.3 is 18.1 Å². The Bertz CT molecular complexity index is 6950. The van der Waals surface area contributed by atoms with E-state index >= 15 is 9.59 Å². The number of aromatic hydroxyl groups is 4. The zero-order valence-electron chi connectivity index (χ0n) is 78.7. The van der Waals surface area contributed by atoms with Gasteiger partial charge in [-0.1, -0.05) is 141 Å². The number of benzene rings is 11. The number of nitrogens with zero attached hydrogens (tertiary/aromatic N) is 6. The average molecular weight is 1930 g/mol. The van der Waals surface area contributed by atoms with Crippen molar-refractivity contribution in [2.24, 2.45) is 11.8 Å². The Hall–Kier alpha value is -16.4. The van der Waals surface area contributed by atoms with Crippen LogP contribution in [0.5, 0.6) is 69.0 Å². The molecule has 730 valence electrons. The number of fused-ring (bicyclic) bond motifs is 4. The molecule has 8 amide bonds. The second kappa shape index (κ2) is 39.7. The Morgan fingerprint density at radius 1 is 0.406 bits per heavy atom. The van der Waals surface area contributed by atoms with Crippen LogP contribution in [0.4, 0.5) is 37.1 Å². The average Bonchev–Trinajstić information content (AvgIpc) is 1.50. The van der Waals surface area contributed by atoms with E-state index in [0.717, 1.165) is 86.6 Å². The van der Waals surface area contributed by atoms with Crippen molar-refractivity contribution in [2.75, 3.05) is 55.0 Å². The summed E-state index contributed by atoms with van der Waals surface area (Å²) in [7, 11) is 0. The Balaban J connectivity index is 0.000000251. The molecule has 5 fully saturated rings. The van der Waals surface area contributed by atoms with Crippen LogP contribution in [0, 0.1) is 18.8 Å². The third-order valence-electron chi connectivity index (χ3n) is 29.3. The van der Waals surface area contributed by atoms with Crippen LogP contribution >= 0.6 is 0 Å².